The van der Waals surface area contributed by atoms with Gasteiger partial charge in [-0.25, -0.2) is 0 Å². The Morgan fingerprint density at radius 3 is 2.16 bits per heavy atom. The molecular weight excluding hydrogens is 246 g/mol. The minimum atomic E-state index is -0.794. The number of carboxylic acids is 1. The quantitative estimate of drug-likeness (QED) is 0.686. The third-order valence-electron chi connectivity index (χ3n) is 3.56. The summed E-state index contributed by atoms with van der Waals surface area (Å²) in [6, 6.07) is 0.433. The number of aliphatic carboxylic acids is 1. The zero-order valence-electron chi connectivity index (χ0n) is 11.9. The van der Waals surface area contributed by atoms with Crippen LogP contribution in [0.4, 0.5) is 0 Å². The van der Waals surface area contributed by atoms with Gasteiger partial charge < -0.3 is 9.90 Å². The summed E-state index contributed by atoms with van der Waals surface area (Å²) in [6.07, 6.45) is 0.916. The van der Waals surface area contributed by atoms with E-state index < -0.39 is 5.97 Å². The van der Waals surface area contributed by atoms with E-state index in [0.717, 1.165) is 39.0 Å². The Labute approximate surface area is 115 Å². The summed E-state index contributed by atoms with van der Waals surface area (Å²) >= 11 is 0. The Hall–Kier alpha value is -0.980. The largest absolute Gasteiger partial charge is 0.480 e. The molecular formula is C13H25N3O3. The fourth-order valence-corrected chi connectivity index (χ4v) is 2.31. The lowest BCUT2D eigenvalue weighted by atomic mass is 10.3. The van der Waals surface area contributed by atoms with Crippen LogP contribution in [0.15, 0.2) is 0 Å². The molecule has 0 unspecified atom stereocenters. The van der Waals surface area contributed by atoms with Gasteiger partial charge in [0.1, 0.15) is 6.29 Å². The molecule has 0 atom stereocenters. The number of nitrogens with zero attached hydrogens (tertiary/aromatic N) is 3. The Kier molecular flexibility index (Phi) is 6.97. The number of hydrogen-bond donors (Lipinski definition) is 1. The molecule has 0 bridgehead atoms. The summed E-state index contributed by atoms with van der Waals surface area (Å²) in [6.45, 7) is 9.65. The van der Waals surface area contributed by atoms with Crippen molar-refractivity contribution in [2.75, 3.05) is 52.4 Å². The maximum absolute atomic E-state index is 10.8. The van der Waals surface area contributed by atoms with Crippen molar-refractivity contribution < 1.29 is 14.7 Å². The molecule has 6 heteroatoms. The minimum Gasteiger partial charge on any atom is -0.480 e. The van der Waals surface area contributed by atoms with Gasteiger partial charge in [-0.15, -0.1) is 0 Å². The Balaban J connectivity index is 2.64. The maximum Gasteiger partial charge on any atom is 0.317 e. The van der Waals surface area contributed by atoms with E-state index in [0.29, 0.717) is 19.1 Å². The molecule has 0 aliphatic carbocycles. The van der Waals surface area contributed by atoms with E-state index in [9.17, 15) is 9.59 Å². The average Bonchev–Trinajstić information content (AvgIpc) is 2.41. The van der Waals surface area contributed by atoms with Crippen LogP contribution >= 0.6 is 0 Å². The highest BCUT2D eigenvalue weighted by Crippen LogP contribution is 2.03. The predicted molar refractivity (Wildman–Crippen MR) is 73.3 cm³/mol. The average molecular weight is 271 g/mol. The van der Waals surface area contributed by atoms with E-state index in [1.807, 2.05) is 4.90 Å². The van der Waals surface area contributed by atoms with Gasteiger partial charge in [0.15, 0.2) is 0 Å². The molecule has 110 valence electrons. The first kappa shape index (κ1) is 16.1. The smallest absolute Gasteiger partial charge is 0.317 e. The number of carboxylic acid groups (broad SMARTS) is 1. The predicted octanol–water partition coefficient (Wildman–Crippen LogP) is -0.402. The summed E-state index contributed by atoms with van der Waals surface area (Å²) in [5.41, 5.74) is 0. The fourth-order valence-electron chi connectivity index (χ4n) is 2.31. The molecule has 0 saturated carbocycles. The van der Waals surface area contributed by atoms with E-state index in [-0.39, 0.29) is 6.54 Å². The second-order valence-corrected chi connectivity index (χ2v) is 5.27. The van der Waals surface area contributed by atoms with Crippen molar-refractivity contribution in [3.8, 4) is 0 Å². The van der Waals surface area contributed by atoms with Gasteiger partial charge in [0.2, 0.25) is 0 Å². The van der Waals surface area contributed by atoms with Crippen LogP contribution in [0, 0.1) is 0 Å². The molecule has 1 saturated heterocycles. The van der Waals surface area contributed by atoms with Gasteiger partial charge in [-0.2, -0.15) is 0 Å². The first-order valence-corrected chi connectivity index (χ1v) is 6.87. The Morgan fingerprint density at radius 2 is 1.63 bits per heavy atom. The van der Waals surface area contributed by atoms with Crippen LogP contribution in [0.1, 0.15) is 13.8 Å². The standard InChI is InChI=1S/C13H25N3O3/c1-12(2)16-7-5-14(9-10-17)3-4-15(6-8-16)11-13(18)19/h10,12H,3-9,11H2,1-2H3,(H,18,19). The summed E-state index contributed by atoms with van der Waals surface area (Å²) in [5, 5.41) is 8.92. The molecule has 0 aromatic rings. The molecule has 1 N–H and O–H groups in total. The van der Waals surface area contributed by atoms with Crippen molar-refractivity contribution in [1.29, 1.82) is 0 Å². The highest BCUT2D eigenvalue weighted by Gasteiger charge is 2.18. The zero-order chi connectivity index (χ0) is 14.3. The zero-order valence-corrected chi connectivity index (χ0v) is 11.9. The lowest BCUT2D eigenvalue weighted by molar-refractivity contribution is -0.138. The Morgan fingerprint density at radius 1 is 1.11 bits per heavy atom. The maximum atomic E-state index is 10.8. The Bertz CT molecular complexity index is 297. The number of carbonyl (C=O) groups is 2. The van der Waals surface area contributed by atoms with Crippen molar-refractivity contribution in [2.24, 2.45) is 0 Å². The lowest BCUT2D eigenvalue weighted by Crippen LogP contribution is -2.41. The van der Waals surface area contributed by atoms with Gasteiger partial charge in [0, 0.05) is 45.3 Å². The van der Waals surface area contributed by atoms with E-state index in [4.69, 9.17) is 5.11 Å². The third-order valence-corrected chi connectivity index (χ3v) is 3.56. The SMILES string of the molecule is CC(C)N1CCN(CC=O)CCN(CC(=O)O)CC1. The van der Waals surface area contributed by atoms with Crippen LogP contribution < -0.4 is 0 Å². The van der Waals surface area contributed by atoms with Gasteiger partial charge in [0.05, 0.1) is 13.1 Å². The fraction of sp³-hybridized carbons (Fsp3) is 0.846. The second-order valence-electron chi connectivity index (χ2n) is 5.27. The third kappa shape index (κ3) is 6.13. The highest BCUT2D eigenvalue weighted by molar-refractivity contribution is 5.69. The topological polar surface area (TPSA) is 64.1 Å². The molecule has 6 nitrogen and oxygen atoms in total. The van der Waals surface area contributed by atoms with Gasteiger partial charge >= 0.3 is 5.97 Å². The summed E-state index contributed by atoms with van der Waals surface area (Å²) in [5.74, 6) is -0.794. The van der Waals surface area contributed by atoms with Crippen LogP contribution in [0.25, 0.3) is 0 Å². The molecule has 19 heavy (non-hydrogen) atoms. The molecule has 1 aliphatic heterocycles. The van der Waals surface area contributed by atoms with Crippen LogP contribution in [0.5, 0.6) is 0 Å². The minimum absolute atomic E-state index is 0.0703. The van der Waals surface area contributed by atoms with Crippen molar-refractivity contribution in [1.82, 2.24) is 14.7 Å². The molecule has 1 heterocycles. The molecule has 0 amide bonds. The molecule has 0 aromatic heterocycles. The second kappa shape index (κ2) is 8.24. The molecule has 1 aliphatic rings. The summed E-state index contributed by atoms with van der Waals surface area (Å²) < 4.78 is 0. The van der Waals surface area contributed by atoms with E-state index >= 15 is 0 Å². The van der Waals surface area contributed by atoms with E-state index in [1.165, 1.54) is 0 Å². The van der Waals surface area contributed by atoms with Gasteiger partial charge in [-0.3, -0.25) is 19.5 Å². The van der Waals surface area contributed by atoms with Crippen molar-refractivity contribution in [3.05, 3.63) is 0 Å². The number of hydrogen-bond acceptors (Lipinski definition) is 5. The lowest BCUT2D eigenvalue weighted by Gasteiger charge is -2.28. The van der Waals surface area contributed by atoms with Crippen molar-refractivity contribution >= 4 is 12.3 Å². The number of rotatable bonds is 5. The molecule has 1 fully saturated rings. The first-order chi connectivity index (χ1) is 9.02. The van der Waals surface area contributed by atoms with Crippen molar-refractivity contribution in [3.63, 3.8) is 0 Å². The molecule has 1 rings (SSSR count). The number of aldehydes is 1. The van der Waals surface area contributed by atoms with Crippen molar-refractivity contribution in [2.45, 2.75) is 19.9 Å². The molecule has 0 aromatic carbocycles. The molecule has 0 spiro atoms. The monoisotopic (exact) mass is 271 g/mol. The van der Waals surface area contributed by atoms with Crippen LogP contribution in [-0.2, 0) is 9.59 Å². The van der Waals surface area contributed by atoms with Crippen LogP contribution in [-0.4, -0.2) is 90.5 Å². The van der Waals surface area contributed by atoms with Gasteiger partial charge in [0.25, 0.3) is 0 Å². The first-order valence-electron chi connectivity index (χ1n) is 6.87. The highest BCUT2D eigenvalue weighted by atomic mass is 16.4. The van der Waals surface area contributed by atoms with Crippen LogP contribution in [0.2, 0.25) is 0 Å². The van der Waals surface area contributed by atoms with E-state index in [2.05, 4.69) is 23.6 Å². The number of carbonyl (C=O) groups excluding carboxylic acids is 1. The summed E-state index contributed by atoms with van der Waals surface area (Å²) in [7, 11) is 0. The normalized spacial score (nSPS) is 20.8. The summed E-state index contributed by atoms with van der Waals surface area (Å²) in [4.78, 5) is 27.9. The molecule has 0 radical (unpaired) electrons. The van der Waals surface area contributed by atoms with Gasteiger partial charge in [-0.1, -0.05) is 0 Å². The van der Waals surface area contributed by atoms with Crippen LogP contribution in [0.3, 0.4) is 0 Å². The van der Waals surface area contributed by atoms with E-state index in [1.54, 1.807) is 0 Å². The van der Waals surface area contributed by atoms with Gasteiger partial charge in [-0.05, 0) is 13.8 Å².